The third-order valence-electron chi connectivity index (χ3n) is 3.46. The molecule has 0 aromatic carbocycles. The van der Waals surface area contributed by atoms with Crippen molar-refractivity contribution in [3.63, 3.8) is 0 Å². The van der Waals surface area contributed by atoms with Crippen LogP contribution in [0.3, 0.4) is 0 Å². The molecule has 0 fully saturated rings. The van der Waals surface area contributed by atoms with Gasteiger partial charge in [-0.15, -0.1) is 0 Å². The van der Waals surface area contributed by atoms with E-state index in [0.29, 0.717) is 19.5 Å². The summed E-state index contributed by atoms with van der Waals surface area (Å²) in [6.45, 7) is 4.90. The minimum absolute atomic E-state index is 0.0520. The Hall–Kier alpha value is -2.23. The molecule has 2 aromatic heterocycles. The maximum Gasteiger partial charge on any atom is 0.320 e. The Balaban J connectivity index is 1.92. The van der Waals surface area contributed by atoms with Crippen LogP contribution in [0.4, 0.5) is 5.69 Å². The van der Waals surface area contributed by atoms with E-state index in [1.165, 1.54) is 11.7 Å². The van der Waals surface area contributed by atoms with Crippen molar-refractivity contribution >= 4 is 27.5 Å². The number of carbonyl (C=O) groups is 1. The first kappa shape index (κ1) is 17.1. The molecule has 0 saturated carbocycles. The van der Waals surface area contributed by atoms with E-state index in [2.05, 4.69) is 31.4 Å². The minimum Gasteiger partial charge on any atom is -0.350 e. The molecule has 0 aliphatic rings. The molecule has 1 amide bonds. The van der Waals surface area contributed by atoms with Gasteiger partial charge in [-0.25, -0.2) is 0 Å². The number of nitro groups is 1. The average molecular weight is 385 g/mol. The number of halogens is 1. The van der Waals surface area contributed by atoms with E-state index in [1.807, 2.05) is 18.5 Å². The Bertz CT molecular complexity index is 751. The lowest BCUT2D eigenvalue weighted by Crippen LogP contribution is -2.28. The number of nitrogens with zero attached hydrogens (tertiary/aromatic N) is 5. The molecular formula is C13H17BrN6O3. The minimum atomic E-state index is -0.616. The van der Waals surface area contributed by atoms with Gasteiger partial charge in [0.1, 0.15) is 6.20 Å². The average Bonchev–Trinajstić information content (AvgIpc) is 2.99. The van der Waals surface area contributed by atoms with Gasteiger partial charge in [-0.2, -0.15) is 10.2 Å². The molecular weight excluding hydrogens is 368 g/mol. The van der Waals surface area contributed by atoms with Crippen molar-refractivity contribution in [1.29, 1.82) is 0 Å². The van der Waals surface area contributed by atoms with Crippen LogP contribution in [0.2, 0.25) is 0 Å². The lowest BCUT2D eigenvalue weighted by Gasteiger charge is -2.07. The van der Waals surface area contributed by atoms with E-state index >= 15 is 0 Å². The Morgan fingerprint density at radius 2 is 2.17 bits per heavy atom. The summed E-state index contributed by atoms with van der Waals surface area (Å²) in [6.07, 6.45) is 1.73. The van der Waals surface area contributed by atoms with Gasteiger partial charge < -0.3 is 5.32 Å². The van der Waals surface area contributed by atoms with Gasteiger partial charge in [0, 0.05) is 25.8 Å². The van der Waals surface area contributed by atoms with Crippen LogP contribution in [0.25, 0.3) is 0 Å². The fraction of sp³-hybridized carbons (Fsp3) is 0.462. The molecule has 0 aliphatic heterocycles. The van der Waals surface area contributed by atoms with Gasteiger partial charge >= 0.3 is 5.69 Å². The number of nitrogens with one attached hydrogen (secondary N) is 1. The molecule has 0 bridgehead atoms. The number of rotatable bonds is 6. The predicted molar refractivity (Wildman–Crippen MR) is 86.2 cm³/mol. The van der Waals surface area contributed by atoms with Gasteiger partial charge in [-0.1, -0.05) is 0 Å². The number of carbonyl (C=O) groups excluding carboxylic acids is 1. The third kappa shape index (κ3) is 3.58. The normalized spacial score (nSPS) is 10.8. The first-order valence-electron chi connectivity index (χ1n) is 6.97. The van der Waals surface area contributed by atoms with Crippen LogP contribution in [0.1, 0.15) is 28.3 Å². The van der Waals surface area contributed by atoms with E-state index < -0.39 is 10.8 Å². The zero-order valence-corrected chi connectivity index (χ0v) is 14.6. The van der Waals surface area contributed by atoms with E-state index in [9.17, 15) is 14.9 Å². The van der Waals surface area contributed by atoms with E-state index in [1.54, 1.807) is 0 Å². The number of amides is 1. The maximum atomic E-state index is 12.1. The summed E-state index contributed by atoms with van der Waals surface area (Å²) >= 11 is 3.46. The van der Waals surface area contributed by atoms with Gasteiger partial charge in [0.25, 0.3) is 5.91 Å². The molecule has 1 N–H and O–H groups in total. The van der Waals surface area contributed by atoms with E-state index in [0.717, 1.165) is 22.1 Å². The van der Waals surface area contributed by atoms with Crippen LogP contribution in [0.5, 0.6) is 0 Å². The lowest BCUT2D eigenvalue weighted by atomic mass is 10.3. The summed E-state index contributed by atoms with van der Waals surface area (Å²) in [4.78, 5) is 22.3. The Kier molecular flexibility index (Phi) is 5.14. The predicted octanol–water partition coefficient (Wildman–Crippen LogP) is 1.72. The lowest BCUT2D eigenvalue weighted by molar-refractivity contribution is -0.385. The van der Waals surface area contributed by atoms with Crippen molar-refractivity contribution in [1.82, 2.24) is 24.9 Å². The molecule has 10 heteroatoms. The Morgan fingerprint density at radius 1 is 1.48 bits per heavy atom. The zero-order valence-electron chi connectivity index (χ0n) is 13.0. The van der Waals surface area contributed by atoms with Crippen LogP contribution in [-0.2, 0) is 13.6 Å². The van der Waals surface area contributed by atoms with Gasteiger partial charge in [-0.3, -0.25) is 24.3 Å². The van der Waals surface area contributed by atoms with Crippen LogP contribution in [0, 0.1) is 24.0 Å². The number of hydrogen-bond donors (Lipinski definition) is 1. The highest BCUT2D eigenvalue weighted by Gasteiger charge is 2.25. The maximum absolute atomic E-state index is 12.1. The SMILES string of the molecule is Cc1nn(CCCNC(=O)c2c([N+](=O)[O-])cnn2C)c(C)c1Br. The van der Waals surface area contributed by atoms with Gasteiger partial charge in [0.15, 0.2) is 0 Å². The molecule has 2 aromatic rings. The molecule has 23 heavy (non-hydrogen) atoms. The number of hydrogen-bond acceptors (Lipinski definition) is 5. The number of aryl methyl sites for hydroxylation is 3. The van der Waals surface area contributed by atoms with E-state index in [4.69, 9.17) is 0 Å². The van der Waals surface area contributed by atoms with Crippen molar-refractivity contribution in [2.24, 2.45) is 7.05 Å². The zero-order chi connectivity index (χ0) is 17.1. The summed E-state index contributed by atoms with van der Waals surface area (Å²) in [5.74, 6) is -0.508. The molecule has 0 radical (unpaired) electrons. The standard InChI is InChI=1S/C13H17BrN6O3/c1-8-11(14)9(2)19(17-8)6-4-5-15-13(21)12-10(20(22)23)7-16-18(12)3/h7H,4-6H2,1-3H3,(H,15,21). The molecule has 0 atom stereocenters. The molecule has 2 rings (SSSR count). The monoisotopic (exact) mass is 384 g/mol. The summed E-state index contributed by atoms with van der Waals surface area (Å²) in [7, 11) is 1.50. The van der Waals surface area contributed by atoms with Crippen molar-refractivity contribution < 1.29 is 9.72 Å². The fourth-order valence-corrected chi connectivity index (χ4v) is 2.51. The first-order valence-corrected chi connectivity index (χ1v) is 7.76. The van der Waals surface area contributed by atoms with Gasteiger partial charge in [-0.05, 0) is 36.2 Å². The number of aromatic nitrogens is 4. The van der Waals surface area contributed by atoms with Gasteiger partial charge in [0.2, 0.25) is 5.69 Å². The highest BCUT2D eigenvalue weighted by molar-refractivity contribution is 9.10. The topological polar surface area (TPSA) is 108 Å². The summed E-state index contributed by atoms with van der Waals surface area (Å²) < 4.78 is 4.04. The van der Waals surface area contributed by atoms with Crippen LogP contribution in [0.15, 0.2) is 10.7 Å². The Labute approximate surface area is 140 Å². The second-order valence-electron chi connectivity index (χ2n) is 5.08. The fourth-order valence-electron chi connectivity index (χ4n) is 2.23. The molecule has 9 nitrogen and oxygen atoms in total. The van der Waals surface area contributed by atoms with Crippen molar-refractivity contribution in [2.75, 3.05) is 6.54 Å². The summed E-state index contributed by atoms with van der Waals surface area (Å²) in [5.41, 5.74) is 1.59. The van der Waals surface area contributed by atoms with Crippen LogP contribution < -0.4 is 5.32 Å². The summed E-state index contributed by atoms with van der Waals surface area (Å²) in [5, 5.41) is 21.7. The van der Waals surface area contributed by atoms with Gasteiger partial charge in [0.05, 0.1) is 15.1 Å². The van der Waals surface area contributed by atoms with Crippen molar-refractivity contribution in [3.05, 3.63) is 37.9 Å². The Morgan fingerprint density at radius 3 is 2.74 bits per heavy atom. The second kappa shape index (κ2) is 6.90. The first-order chi connectivity index (χ1) is 10.8. The molecule has 0 spiro atoms. The third-order valence-corrected chi connectivity index (χ3v) is 4.60. The largest absolute Gasteiger partial charge is 0.350 e. The molecule has 2 heterocycles. The molecule has 0 saturated heterocycles. The smallest absolute Gasteiger partial charge is 0.320 e. The van der Waals surface area contributed by atoms with E-state index in [-0.39, 0.29) is 11.4 Å². The quantitative estimate of drug-likeness (QED) is 0.463. The summed E-state index contributed by atoms with van der Waals surface area (Å²) in [6, 6.07) is 0. The van der Waals surface area contributed by atoms with Crippen molar-refractivity contribution in [3.8, 4) is 0 Å². The highest BCUT2D eigenvalue weighted by atomic mass is 79.9. The van der Waals surface area contributed by atoms with Crippen LogP contribution in [-0.4, -0.2) is 36.9 Å². The molecule has 0 aliphatic carbocycles. The van der Waals surface area contributed by atoms with Crippen molar-refractivity contribution in [2.45, 2.75) is 26.8 Å². The highest BCUT2D eigenvalue weighted by Crippen LogP contribution is 2.20. The van der Waals surface area contributed by atoms with Crippen LogP contribution >= 0.6 is 15.9 Å². The molecule has 124 valence electrons. The second-order valence-corrected chi connectivity index (χ2v) is 5.87. The molecule has 0 unspecified atom stereocenters.